The van der Waals surface area contributed by atoms with Gasteiger partial charge in [-0.25, -0.2) is 4.98 Å². The molecular formula is C44H45F3N8O7. The largest absolute Gasteiger partial charge is 0.433 e. The van der Waals surface area contributed by atoms with E-state index in [0.717, 1.165) is 48.4 Å². The Bertz CT molecular complexity index is 2540. The van der Waals surface area contributed by atoms with E-state index < -0.39 is 58.7 Å². The van der Waals surface area contributed by atoms with Crippen LogP contribution in [0.2, 0.25) is 0 Å². The molecule has 1 unspecified atom stereocenters. The summed E-state index contributed by atoms with van der Waals surface area (Å²) in [7, 11) is 0. The number of aromatic nitrogens is 3. The minimum absolute atomic E-state index is 0.0485. The first kappa shape index (κ1) is 41.2. The highest BCUT2D eigenvalue weighted by Gasteiger charge is 2.48. The Morgan fingerprint density at radius 2 is 1.61 bits per heavy atom. The highest BCUT2D eigenvalue weighted by atomic mass is 19.4. The minimum Gasteiger partial charge on any atom is -0.386 e. The summed E-state index contributed by atoms with van der Waals surface area (Å²) in [5.41, 5.74) is -0.529. The third-order valence-corrected chi connectivity index (χ3v) is 13.3. The molecule has 4 aliphatic heterocycles. The van der Waals surface area contributed by atoms with Crippen LogP contribution in [0.1, 0.15) is 114 Å². The number of nitrogens with zero attached hydrogens (tertiary/aromatic N) is 6. The Labute approximate surface area is 353 Å². The fourth-order valence-electron chi connectivity index (χ4n) is 9.83. The summed E-state index contributed by atoms with van der Waals surface area (Å²) in [5, 5.41) is 21.3. The molecule has 3 saturated heterocycles. The molecule has 0 radical (unpaired) electrons. The number of hydrogen-bond donors (Lipinski definition) is 3. The summed E-state index contributed by atoms with van der Waals surface area (Å²) in [6.45, 7) is 5.62. The van der Waals surface area contributed by atoms with Crippen molar-refractivity contribution in [1.29, 1.82) is 0 Å². The van der Waals surface area contributed by atoms with Crippen LogP contribution in [0.3, 0.4) is 0 Å². The van der Waals surface area contributed by atoms with Crippen LogP contribution in [0.5, 0.6) is 0 Å². The van der Waals surface area contributed by atoms with Crippen LogP contribution in [-0.4, -0.2) is 97.3 Å². The number of fused-ring (bicyclic) bond motifs is 2. The van der Waals surface area contributed by atoms with E-state index >= 15 is 0 Å². The number of piperidine rings is 3. The predicted octanol–water partition coefficient (Wildman–Crippen LogP) is 5.19. The number of amides is 6. The molecule has 1 spiro atoms. The first-order valence-corrected chi connectivity index (χ1v) is 20.9. The molecule has 6 heterocycles. The van der Waals surface area contributed by atoms with E-state index in [-0.39, 0.29) is 52.9 Å². The van der Waals surface area contributed by atoms with Crippen molar-refractivity contribution in [2.24, 2.45) is 11.3 Å². The van der Waals surface area contributed by atoms with E-state index in [4.69, 9.17) is 5.10 Å². The van der Waals surface area contributed by atoms with Crippen LogP contribution in [0.4, 0.5) is 24.5 Å². The van der Waals surface area contributed by atoms with E-state index in [0.29, 0.717) is 55.5 Å². The van der Waals surface area contributed by atoms with Gasteiger partial charge in [0.15, 0.2) is 0 Å². The quantitative estimate of drug-likeness (QED) is 0.209. The van der Waals surface area contributed by atoms with Crippen LogP contribution in [0.15, 0.2) is 54.7 Å². The molecule has 4 aromatic rings. The van der Waals surface area contributed by atoms with Gasteiger partial charge in [-0.1, -0.05) is 6.07 Å². The molecule has 2 aromatic carbocycles. The molecule has 1 saturated carbocycles. The number of alkyl halides is 3. The van der Waals surface area contributed by atoms with Crippen LogP contribution in [0, 0.1) is 11.3 Å². The van der Waals surface area contributed by atoms with Gasteiger partial charge in [0.1, 0.15) is 17.4 Å². The highest BCUT2D eigenvalue weighted by Crippen LogP contribution is 2.55. The molecule has 2 aromatic heterocycles. The summed E-state index contributed by atoms with van der Waals surface area (Å²) < 4.78 is 41.7. The molecule has 3 N–H and O–H groups in total. The third-order valence-electron chi connectivity index (χ3n) is 13.3. The normalized spacial score (nSPS) is 21.1. The number of aliphatic hydroxyl groups is 1. The molecule has 5 aliphatic rings. The smallest absolute Gasteiger partial charge is 0.386 e. The van der Waals surface area contributed by atoms with Crippen molar-refractivity contribution in [3.05, 3.63) is 82.8 Å². The molecule has 1 atom stereocenters. The summed E-state index contributed by atoms with van der Waals surface area (Å²) in [6, 6.07) is 10.6. The second kappa shape index (κ2) is 15.0. The van der Waals surface area contributed by atoms with E-state index in [2.05, 4.69) is 20.5 Å². The number of halogens is 3. The van der Waals surface area contributed by atoms with Crippen molar-refractivity contribution in [1.82, 2.24) is 29.9 Å². The Morgan fingerprint density at radius 3 is 2.29 bits per heavy atom. The third kappa shape index (κ3) is 7.47. The molecule has 6 amide bonds. The number of nitrogens with one attached hydrogen (secondary N) is 2. The van der Waals surface area contributed by atoms with Crippen molar-refractivity contribution in [2.45, 2.75) is 89.1 Å². The van der Waals surface area contributed by atoms with Crippen LogP contribution >= 0.6 is 0 Å². The van der Waals surface area contributed by atoms with E-state index in [1.807, 2.05) is 15.8 Å². The number of pyridine rings is 1. The standard InChI is InChI=1S/C44H45F3N8O7/c1-42(2,62)30-20-32-25(18-33(30)49-37(57)31-4-3-5-35(48-31)44(45,46)47)23-54(51-32)27-21-43(22-27)12-16-53(17-13-43)39(59)24-10-14-52(15-11-24)26-6-7-28-29(19-26)41(61)55(40(28)60)34-8-9-36(56)50-38(34)58/h3-7,18-20,23-24,27,34,62H,8-17,21-22H2,1-2H3,(H,49,57)(H,50,56,58). The van der Waals surface area contributed by atoms with Gasteiger partial charge in [-0.2, -0.15) is 18.3 Å². The Kier molecular flexibility index (Phi) is 9.98. The van der Waals surface area contributed by atoms with Crippen LogP contribution in [-0.2, 0) is 26.2 Å². The number of likely N-dealkylation sites (tertiary alicyclic amines) is 1. The lowest BCUT2D eigenvalue weighted by atomic mass is 9.60. The first-order valence-electron chi connectivity index (χ1n) is 20.9. The molecule has 62 heavy (non-hydrogen) atoms. The molecule has 1 aliphatic carbocycles. The number of imide groups is 2. The van der Waals surface area contributed by atoms with Gasteiger partial charge in [-0.05, 0) is 107 Å². The number of hydrogen-bond acceptors (Lipinski definition) is 10. The molecule has 4 fully saturated rings. The molecule has 0 bridgehead atoms. The summed E-state index contributed by atoms with van der Waals surface area (Å²) in [5.74, 6) is -3.01. The predicted molar refractivity (Wildman–Crippen MR) is 217 cm³/mol. The Hall–Kier alpha value is -6.17. The van der Waals surface area contributed by atoms with Gasteiger partial charge in [0.25, 0.3) is 17.7 Å². The average molecular weight is 855 g/mol. The van der Waals surface area contributed by atoms with Crippen molar-refractivity contribution in [2.75, 3.05) is 36.4 Å². The van der Waals surface area contributed by atoms with Gasteiger partial charge >= 0.3 is 6.18 Å². The van der Waals surface area contributed by atoms with Gasteiger partial charge in [0.05, 0.1) is 28.3 Å². The van der Waals surface area contributed by atoms with E-state index in [1.165, 1.54) is 6.07 Å². The SMILES string of the molecule is CC(C)(O)c1cc2nn(C3CC4(CCN(C(=O)C5CCN(c6ccc7c(c6)C(=O)N(C6CCC(=O)NC6=O)C7=O)CC5)CC4)C3)cc2cc1NC(=O)c1cccc(C(F)(F)F)n1. The zero-order valence-corrected chi connectivity index (χ0v) is 34.1. The fourth-order valence-corrected chi connectivity index (χ4v) is 9.83. The van der Waals surface area contributed by atoms with Crippen molar-refractivity contribution in [3.8, 4) is 0 Å². The molecular weight excluding hydrogens is 810 g/mol. The maximum atomic E-state index is 13.8. The summed E-state index contributed by atoms with van der Waals surface area (Å²) in [4.78, 5) is 85.9. The van der Waals surface area contributed by atoms with Gasteiger partial charge in [0.2, 0.25) is 17.7 Å². The van der Waals surface area contributed by atoms with Gasteiger partial charge < -0.3 is 20.2 Å². The van der Waals surface area contributed by atoms with Gasteiger partial charge in [0, 0.05) is 67.0 Å². The number of carbonyl (C=O) groups excluding carboxylic acids is 6. The molecule has 15 nitrogen and oxygen atoms in total. The molecule has 9 rings (SSSR count). The fraction of sp³-hybridized carbons (Fsp3) is 0.455. The van der Waals surface area contributed by atoms with E-state index in [1.54, 1.807) is 44.2 Å². The Morgan fingerprint density at radius 1 is 0.903 bits per heavy atom. The lowest BCUT2D eigenvalue weighted by Gasteiger charge is -2.52. The number of rotatable bonds is 7. The topological polar surface area (TPSA) is 187 Å². The van der Waals surface area contributed by atoms with Crippen molar-refractivity contribution < 1.29 is 47.0 Å². The number of benzene rings is 2. The average Bonchev–Trinajstić information content (AvgIpc) is 3.75. The zero-order valence-electron chi connectivity index (χ0n) is 34.1. The highest BCUT2D eigenvalue weighted by molar-refractivity contribution is 6.23. The lowest BCUT2D eigenvalue weighted by Crippen LogP contribution is -2.54. The summed E-state index contributed by atoms with van der Waals surface area (Å²) >= 11 is 0. The van der Waals surface area contributed by atoms with Crippen molar-refractivity contribution >= 4 is 57.7 Å². The maximum absolute atomic E-state index is 13.8. The second-order valence-electron chi connectivity index (χ2n) is 17.8. The number of anilines is 2. The Balaban J connectivity index is 0.788. The molecule has 324 valence electrons. The first-order chi connectivity index (χ1) is 29.4. The number of carbonyl (C=O) groups is 6. The monoisotopic (exact) mass is 854 g/mol. The maximum Gasteiger partial charge on any atom is 0.433 e. The van der Waals surface area contributed by atoms with Crippen LogP contribution < -0.4 is 15.5 Å². The lowest BCUT2D eigenvalue weighted by molar-refractivity contribution is -0.141. The molecule has 18 heteroatoms. The summed E-state index contributed by atoms with van der Waals surface area (Å²) in [6.07, 6.45) is 2.08. The zero-order chi connectivity index (χ0) is 43.9. The van der Waals surface area contributed by atoms with E-state index in [9.17, 15) is 47.0 Å². The minimum atomic E-state index is -4.71. The van der Waals surface area contributed by atoms with Gasteiger partial charge in [-0.15, -0.1) is 0 Å². The second-order valence-corrected chi connectivity index (χ2v) is 17.8. The van der Waals surface area contributed by atoms with Gasteiger partial charge in [-0.3, -0.25) is 43.7 Å². The van der Waals surface area contributed by atoms with Crippen molar-refractivity contribution in [3.63, 3.8) is 0 Å². The van der Waals surface area contributed by atoms with Crippen LogP contribution in [0.25, 0.3) is 10.9 Å².